The minimum atomic E-state index is 0.224. The van der Waals surface area contributed by atoms with Crippen LogP contribution in [0.15, 0.2) is 23.8 Å². The lowest BCUT2D eigenvalue weighted by molar-refractivity contribution is 0.593. The molecule has 0 fully saturated rings. The highest BCUT2D eigenvalue weighted by Gasteiger charge is 2.16. The number of hydrogen-bond acceptors (Lipinski definition) is 2. The molecule has 2 rings (SSSR count). The zero-order chi connectivity index (χ0) is 10.2. The van der Waals surface area contributed by atoms with Gasteiger partial charge in [0.25, 0.3) is 0 Å². The van der Waals surface area contributed by atoms with E-state index in [4.69, 9.17) is 0 Å². The molecule has 0 aromatic carbocycles. The highest BCUT2D eigenvalue weighted by Crippen LogP contribution is 2.31. The number of aromatic amines is 1. The first-order chi connectivity index (χ1) is 6.57. The number of thiophene rings is 1. The monoisotopic (exact) mass is 206 g/mol. The minimum absolute atomic E-state index is 0.224. The van der Waals surface area contributed by atoms with Gasteiger partial charge in [-0.25, -0.2) is 4.98 Å². The summed E-state index contributed by atoms with van der Waals surface area (Å²) >= 11 is 1.74. The average Bonchev–Trinajstić information content (AvgIpc) is 2.73. The van der Waals surface area contributed by atoms with Crippen molar-refractivity contribution >= 4 is 11.3 Å². The van der Waals surface area contributed by atoms with Gasteiger partial charge in [0.2, 0.25) is 0 Å². The normalized spacial score (nSPS) is 11.9. The summed E-state index contributed by atoms with van der Waals surface area (Å²) in [7, 11) is 0. The standard InChI is InChI=1S/C11H14N2S/c1-11(2,3)8-6-9(14-7-8)10-12-4-5-13-10/h4-7H,1-3H3,(H,12,13). The van der Waals surface area contributed by atoms with Gasteiger partial charge in [-0.05, 0) is 22.4 Å². The molecule has 3 heteroatoms. The highest BCUT2D eigenvalue weighted by atomic mass is 32.1. The maximum atomic E-state index is 4.24. The lowest BCUT2D eigenvalue weighted by atomic mass is 9.89. The van der Waals surface area contributed by atoms with Gasteiger partial charge >= 0.3 is 0 Å². The number of H-pyrrole nitrogens is 1. The fourth-order valence-electron chi connectivity index (χ4n) is 1.25. The van der Waals surface area contributed by atoms with Crippen LogP contribution in [-0.4, -0.2) is 9.97 Å². The minimum Gasteiger partial charge on any atom is -0.344 e. The zero-order valence-corrected chi connectivity index (χ0v) is 9.48. The number of imidazole rings is 1. The molecule has 0 bridgehead atoms. The van der Waals surface area contributed by atoms with Gasteiger partial charge in [-0.15, -0.1) is 11.3 Å². The molecule has 0 aliphatic heterocycles. The fraction of sp³-hybridized carbons (Fsp3) is 0.364. The van der Waals surface area contributed by atoms with Gasteiger partial charge in [-0.3, -0.25) is 0 Å². The predicted molar refractivity (Wildman–Crippen MR) is 60.6 cm³/mol. The van der Waals surface area contributed by atoms with Crippen LogP contribution in [0.3, 0.4) is 0 Å². The first-order valence-corrected chi connectivity index (χ1v) is 5.54. The molecule has 0 radical (unpaired) electrons. The number of rotatable bonds is 1. The Labute approximate surface area is 88.0 Å². The number of aromatic nitrogens is 2. The third-order valence-corrected chi connectivity index (χ3v) is 3.13. The van der Waals surface area contributed by atoms with E-state index in [1.165, 1.54) is 10.4 Å². The Morgan fingerprint density at radius 1 is 1.36 bits per heavy atom. The summed E-state index contributed by atoms with van der Waals surface area (Å²) in [6.45, 7) is 6.67. The summed E-state index contributed by atoms with van der Waals surface area (Å²) in [5, 5.41) is 2.21. The molecule has 1 N–H and O–H groups in total. The summed E-state index contributed by atoms with van der Waals surface area (Å²) in [5.41, 5.74) is 1.59. The molecule has 0 spiro atoms. The Hall–Kier alpha value is -1.09. The van der Waals surface area contributed by atoms with Crippen LogP contribution in [-0.2, 0) is 5.41 Å². The molecule has 2 nitrogen and oxygen atoms in total. The highest BCUT2D eigenvalue weighted by molar-refractivity contribution is 7.13. The van der Waals surface area contributed by atoms with Crippen molar-refractivity contribution in [2.75, 3.05) is 0 Å². The SMILES string of the molecule is CC(C)(C)c1csc(-c2ncc[nH]2)c1. The van der Waals surface area contributed by atoms with E-state index in [1.54, 1.807) is 17.5 Å². The second-order valence-electron chi connectivity index (χ2n) is 4.39. The Balaban J connectivity index is 2.36. The van der Waals surface area contributed by atoms with Crippen LogP contribution in [0, 0.1) is 0 Å². The molecule has 0 aliphatic carbocycles. The zero-order valence-electron chi connectivity index (χ0n) is 8.66. The van der Waals surface area contributed by atoms with E-state index < -0.39 is 0 Å². The second-order valence-corrected chi connectivity index (χ2v) is 5.30. The van der Waals surface area contributed by atoms with E-state index in [1.807, 2.05) is 6.20 Å². The van der Waals surface area contributed by atoms with Gasteiger partial charge in [0.05, 0.1) is 4.88 Å². The molecule has 0 saturated heterocycles. The second kappa shape index (κ2) is 3.24. The third kappa shape index (κ3) is 1.73. The van der Waals surface area contributed by atoms with Crippen LogP contribution in [0.25, 0.3) is 10.7 Å². The van der Waals surface area contributed by atoms with Gasteiger partial charge in [0.15, 0.2) is 0 Å². The van der Waals surface area contributed by atoms with E-state index in [9.17, 15) is 0 Å². The number of nitrogens with zero attached hydrogens (tertiary/aromatic N) is 1. The van der Waals surface area contributed by atoms with Crippen molar-refractivity contribution in [2.24, 2.45) is 0 Å². The first kappa shape index (κ1) is 9.46. The molecule has 14 heavy (non-hydrogen) atoms. The molecule has 0 aliphatic rings. The molecule has 0 saturated carbocycles. The maximum absolute atomic E-state index is 4.24. The van der Waals surface area contributed by atoms with Gasteiger partial charge in [0.1, 0.15) is 5.82 Å². The Kier molecular flexibility index (Phi) is 2.19. The van der Waals surface area contributed by atoms with Gasteiger partial charge < -0.3 is 4.98 Å². The summed E-state index contributed by atoms with van der Waals surface area (Å²) in [5.74, 6) is 0.963. The number of nitrogens with one attached hydrogen (secondary N) is 1. The summed E-state index contributed by atoms with van der Waals surface area (Å²) in [6, 6.07) is 2.21. The van der Waals surface area contributed by atoms with E-state index >= 15 is 0 Å². The third-order valence-electron chi connectivity index (χ3n) is 2.20. The van der Waals surface area contributed by atoms with Crippen molar-refractivity contribution in [1.82, 2.24) is 9.97 Å². The van der Waals surface area contributed by atoms with Crippen molar-refractivity contribution in [1.29, 1.82) is 0 Å². The summed E-state index contributed by atoms with van der Waals surface area (Å²) in [4.78, 5) is 8.56. The van der Waals surface area contributed by atoms with Gasteiger partial charge in [-0.1, -0.05) is 20.8 Å². The first-order valence-electron chi connectivity index (χ1n) is 4.66. The molecule has 2 aromatic heterocycles. The van der Waals surface area contributed by atoms with Crippen LogP contribution in [0.2, 0.25) is 0 Å². The van der Waals surface area contributed by atoms with E-state index in [0.717, 1.165) is 5.82 Å². The van der Waals surface area contributed by atoms with Crippen molar-refractivity contribution in [3.05, 3.63) is 29.4 Å². The lowest BCUT2D eigenvalue weighted by Crippen LogP contribution is -2.08. The van der Waals surface area contributed by atoms with Crippen molar-refractivity contribution in [3.63, 3.8) is 0 Å². The Morgan fingerprint density at radius 3 is 2.64 bits per heavy atom. The Morgan fingerprint density at radius 2 is 2.14 bits per heavy atom. The van der Waals surface area contributed by atoms with Crippen LogP contribution < -0.4 is 0 Å². The molecular weight excluding hydrogens is 192 g/mol. The Bertz CT molecular complexity index is 407. The van der Waals surface area contributed by atoms with Gasteiger partial charge in [-0.2, -0.15) is 0 Å². The molecule has 74 valence electrons. The molecular formula is C11H14N2S. The summed E-state index contributed by atoms with van der Waals surface area (Å²) < 4.78 is 0. The largest absolute Gasteiger partial charge is 0.344 e. The molecule has 0 amide bonds. The molecule has 0 unspecified atom stereocenters. The fourth-order valence-corrected chi connectivity index (χ4v) is 2.35. The van der Waals surface area contributed by atoms with Crippen molar-refractivity contribution in [3.8, 4) is 10.7 Å². The van der Waals surface area contributed by atoms with E-state index in [0.29, 0.717) is 0 Å². The van der Waals surface area contributed by atoms with E-state index in [2.05, 4.69) is 42.2 Å². The van der Waals surface area contributed by atoms with Crippen LogP contribution in [0.5, 0.6) is 0 Å². The quantitative estimate of drug-likeness (QED) is 0.760. The van der Waals surface area contributed by atoms with Crippen LogP contribution in [0.4, 0.5) is 0 Å². The predicted octanol–water partition coefficient (Wildman–Crippen LogP) is 3.44. The maximum Gasteiger partial charge on any atom is 0.147 e. The van der Waals surface area contributed by atoms with Crippen molar-refractivity contribution in [2.45, 2.75) is 26.2 Å². The van der Waals surface area contributed by atoms with Crippen LogP contribution in [0.1, 0.15) is 26.3 Å². The molecule has 2 heterocycles. The average molecular weight is 206 g/mol. The topological polar surface area (TPSA) is 28.7 Å². The molecule has 2 aromatic rings. The van der Waals surface area contributed by atoms with E-state index in [-0.39, 0.29) is 5.41 Å². The summed E-state index contributed by atoms with van der Waals surface area (Å²) in [6.07, 6.45) is 3.64. The van der Waals surface area contributed by atoms with Crippen LogP contribution >= 0.6 is 11.3 Å². The van der Waals surface area contributed by atoms with Crippen molar-refractivity contribution < 1.29 is 0 Å². The smallest absolute Gasteiger partial charge is 0.147 e. The molecule has 0 atom stereocenters. The number of hydrogen-bond donors (Lipinski definition) is 1. The lowest BCUT2D eigenvalue weighted by Gasteiger charge is -2.15. The van der Waals surface area contributed by atoms with Gasteiger partial charge in [0, 0.05) is 12.4 Å².